The normalized spacial score (nSPS) is 31.0. The zero-order valence-electron chi connectivity index (χ0n) is 16.5. The summed E-state index contributed by atoms with van der Waals surface area (Å²) in [7, 11) is 0. The van der Waals surface area contributed by atoms with Crippen LogP contribution in [-0.4, -0.2) is 37.3 Å². The average molecular weight is 412 g/mol. The van der Waals surface area contributed by atoms with Gasteiger partial charge in [-0.2, -0.15) is 13.2 Å². The van der Waals surface area contributed by atoms with Gasteiger partial charge < -0.3 is 20.1 Å². The summed E-state index contributed by atoms with van der Waals surface area (Å²) in [4.78, 5) is 13.1. The van der Waals surface area contributed by atoms with Crippen LogP contribution in [-0.2, 0) is 22.3 Å². The van der Waals surface area contributed by atoms with Crippen molar-refractivity contribution in [2.45, 2.75) is 69.9 Å². The van der Waals surface area contributed by atoms with Crippen LogP contribution in [0.4, 0.5) is 13.2 Å². The lowest BCUT2D eigenvalue weighted by Gasteiger charge is -2.37. The van der Waals surface area contributed by atoms with Gasteiger partial charge in [-0.3, -0.25) is 4.79 Å². The fourth-order valence-electron chi connectivity index (χ4n) is 4.84. The predicted octanol–water partition coefficient (Wildman–Crippen LogP) is 3.41. The molecule has 29 heavy (non-hydrogen) atoms. The molecule has 2 aliphatic heterocycles. The zero-order chi connectivity index (χ0) is 20.6. The lowest BCUT2D eigenvalue weighted by molar-refractivity contribution is -0.137. The predicted molar refractivity (Wildman–Crippen MR) is 100 cm³/mol. The van der Waals surface area contributed by atoms with Crippen molar-refractivity contribution in [3.63, 3.8) is 0 Å². The van der Waals surface area contributed by atoms with Gasteiger partial charge in [0.1, 0.15) is 11.9 Å². The number of hydrogen-bond donors (Lipinski definition) is 2. The van der Waals surface area contributed by atoms with Gasteiger partial charge >= 0.3 is 6.18 Å². The van der Waals surface area contributed by atoms with E-state index in [1.54, 1.807) is 0 Å². The molecule has 1 spiro atoms. The average Bonchev–Trinajstić information content (AvgIpc) is 3.11. The van der Waals surface area contributed by atoms with E-state index in [1.807, 2.05) is 6.92 Å². The van der Waals surface area contributed by atoms with E-state index < -0.39 is 23.3 Å². The smallest absolute Gasteiger partial charge is 0.416 e. The van der Waals surface area contributed by atoms with Gasteiger partial charge in [-0.05, 0) is 57.2 Å². The van der Waals surface area contributed by atoms with Gasteiger partial charge in [0.25, 0.3) is 0 Å². The molecule has 1 aromatic rings. The molecule has 1 aliphatic carbocycles. The SMILES string of the molecule is CC1Oc2ccc(C(F)(F)F)cc2CNC(=O)[C@]12CC[C@@H](NC1CCOCC1)C2. The molecular formula is C21H27F3N2O3. The molecule has 2 fully saturated rings. The summed E-state index contributed by atoms with van der Waals surface area (Å²) in [5.41, 5.74) is -1.06. The number of alkyl halides is 3. The Morgan fingerprint density at radius 1 is 1.17 bits per heavy atom. The maximum atomic E-state index is 13.1. The molecule has 1 saturated heterocycles. The number of ether oxygens (including phenoxy) is 2. The Morgan fingerprint density at radius 2 is 1.93 bits per heavy atom. The molecular weight excluding hydrogens is 385 g/mol. The molecule has 3 aliphatic rings. The molecule has 4 rings (SSSR count). The first kappa shape index (κ1) is 20.5. The van der Waals surface area contributed by atoms with E-state index in [0.29, 0.717) is 30.2 Å². The minimum absolute atomic E-state index is 0.0324. The number of carbonyl (C=O) groups is 1. The summed E-state index contributed by atoms with van der Waals surface area (Å²) in [6.07, 6.45) is -0.696. The van der Waals surface area contributed by atoms with Crippen LogP contribution < -0.4 is 15.4 Å². The van der Waals surface area contributed by atoms with Gasteiger partial charge in [0, 0.05) is 37.4 Å². The van der Waals surface area contributed by atoms with Gasteiger partial charge in [-0.25, -0.2) is 0 Å². The Bertz CT molecular complexity index is 764. The molecule has 1 aromatic carbocycles. The summed E-state index contributed by atoms with van der Waals surface area (Å²) in [5, 5.41) is 6.54. The molecule has 1 amide bonds. The van der Waals surface area contributed by atoms with Gasteiger partial charge in [-0.15, -0.1) is 0 Å². The molecule has 8 heteroatoms. The molecule has 0 aromatic heterocycles. The van der Waals surface area contributed by atoms with E-state index in [-0.39, 0.29) is 18.5 Å². The van der Waals surface area contributed by atoms with Crippen molar-refractivity contribution >= 4 is 5.91 Å². The summed E-state index contributed by atoms with van der Waals surface area (Å²) in [5.74, 6) is 0.273. The van der Waals surface area contributed by atoms with Crippen LogP contribution in [0.15, 0.2) is 18.2 Å². The minimum Gasteiger partial charge on any atom is -0.489 e. The number of benzene rings is 1. The largest absolute Gasteiger partial charge is 0.489 e. The molecule has 1 saturated carbocycles. The van der Waals surface area contributed by atoms with Gasteiger partial charge in [0.15, 0.2) is 0 Å². The minimum atomic E-state index is -4.43. The van der Waals surface area contributed by atoms with E-state index in [0.717, 1.165) is 44.6 Å². The van der Waals surface area contributed by atoms with Gasteiger partial charge in [-0.1, -0.05) is 0 Å². The van der Waals surface area contributed by atoms with E-state index in [1.165, 1.54) is 6.07 Å². The first-order valence-corrected chi connectivity index (χ1v) is 10.3. The summed E-state index contributed by atoms with van der Waals surface area (Å²) in [6, 6.07) is 4.09. The summed E-state index contributed by atoms with van der Waals surface area (Å²) in [6.45, 7) is 3.40. The molecule has 5 nitrogen and oxygen atoms in total. The third kappa shape index (κ3) is 4.10. The summed E-state index contributed by atoms with van der Waals surface area (Å²) < 4.78 is 50.6. The second-order valence-corrected chi connectivity index (χ2v) is 8.41. The molecule has 1 unspecified atom stereocenters. The topological polar surface area (TPSA) is 59.6 Å². The number of nitrogens with one attached hydrogen (secondary N) is 2. The molecule has 160 valence electrons. The number of carbonyl (C=O) groups excluding carboxylic acids is 1. The van der Waals surface area contributed by atoms with Crippen molar-refractivity contribution in [2.75, 3.05) is 13.2 Å². The lowest BCUT2D eigenvalue weighted by Crippen LogP contribution is -2.51. The highest BCUT2D eigenvalue weighted by molar-refractivity contribution is 5.84. The quantitative estimate of drug-likeness (QED) is 0.782. The lowest BCUT2D eigenvalue weighted by atomic mass is 9.79. The monoisotopic (exact) mass is 412 g/mol. The first-order valence-electron chi connectivity index (χ1n) is 10.3. The van der Waals surface area contributed by atoms with Gasteiger partial charge in [0.05, 0.1) is 11.0 Å². The standard InChI is InChI=1S/C21H27F3N2O3/c1-13-20(7-4-17(11-20)26-16-5-8-28-9-6-16)19(27)25-12-14-10-15(21(22,23)24)2-3-18(14)29-13/h2-3,10,13,16-17,26H,4-9,11-12H2,1H3,(H,25,27)/t13?,17-,20+/m1/s1. The van der Waals surface area contributed by atoms with Crippen LogP contribution in [0.25, 0.3) is 0 Å². The fraction of sp³-hybridized carbons (Fsp3) is 0.667. The fourth-order valence-corrected chi connectivity index (χ4v) is 4.84. The van der Waals surface area contributed by atoms with E-state index in [4.69, 9.17) is 9.47 Å². The molecule has 2 heterocycles. The number of fused-ring (bicyclic) bond motifs is 1. The highest BCUT2D eigenvalue weighted by atomic mass is 19.4. The Balaban J connectivity index is 1.51. The number of amides is 1. The zero-order valence-corrected chi connectivity index (χ0v) is 16.5. The highest BCUT2D eigenvalue weighted by Crippen LogP contribution is 2.45. The van der Waals surface area contributed by atoms with Crippen LogP contribution in [0.2, 0.25) is 0 Å². The number of rotatable bonds is 2. The van der Waals surface area contributed by atoms with Crippen LogP contribution in [0.3, 0.4) is 0 Å². The van der Waals surface area contributed by atoms with Crippen LogP contribution in [0.5, 0.6) is 5.75 Å². The Hall–Kier alpha value is -1.80. The maximum absolute atomic E-state index is 13.1. The van der Waals surface area contributed by atoms with Crippen molar-refractivity contribution in [3.8, 4) is 5.75 Å². The number of halogens is 3. The van der Waals surface area contributed by atoms with Gasteiger partial charge in [0.2, 0.25) is 5.91 Å². The first-order chi connectivity index (χ1) is 13.8. The van der Waals surface area contributed by atoms with Crippen LogP contribution in [0.1, 0.15) is 50.2 Å². The maximum Gasteiger partial charge on any atom is 0.416 e. The second kappa shape index (κ2) is 7.80. The van der Waals surface area contributed by atoms with E-state index >= 15 is 0 Å². The Kier molecular flexibility index (Phi) is 5.50. The van der Waals surface area contributed by atoms with Crippen molar-refractivity contribution in [1.29, 1.82) is 0 Å². The molecule has 2 N–H and O–H groups in total. The Morgan fingerprint density at radius 3 is 2.66 bits per heavy atom. The number of hydrogen-bond acceptors (Lipinski definition) is 4. The molecule has 0 bridgehead atoms. The summed E-state index contributed by atoms with van der Waals surface area (Å²) >= 11 is 0. The Labute approximate surface area is 168 Å². The molecule has 3 atom stereocenters. The van der Waals surface area contributed by atoms with E-state index in [9.17, 15) is 18.0 Å². The van der Waals surface area contributed by atoms with Crippen molar-refractivity contribution < 1.29 is 27.4 Å². The van der Waals surface area contributed by atoms with Crippen LogP contribution in [0, 0.1) is 5.41 Å². The van der Waals surface area contributed by atoms with Crippen molar-refractivity contribution in [1.82, 2.24) is 10.6 Å². The highest BCUT2D eigenvalue weighted by Gasteiger charge is 2.51. The van der Waals surface area contributed by atoms with E-state index in [2.05, 4.69) is 10.6 Å². The third-order valence-corrected chi connectivity index (χ3v) is 6.60. The molecule has 0 radical (unpaired) electrons. The van der Waals surface area contributed by atoms with Crippen LogP contribution >= 0.6 is 0 Å². The van der Waals surface area contributed by atoms with Crippen molar-refractivity contribution in [3.05, 3.63) is 29.3 Å². The second-order valence-electron chi connectivity index (χ2n) is 8.41. The van der Waals surface area contributed by atoms with Crippen molar-refractivity contribution in [2.24, 2.45) is 5.41 Å². The third-order valence-electron chi connectivity index (χ3n) is 6.60.